The molecule has 0 aliphatic heterocycles. The molecule has 0 bridgehead atoms. The second-order valence-corrected chi connectivity index (χ2v) is 2.90. The lowest BCUT2D eigenvalue weighted by Gasteiger charge is -2.07. The Labute approximate surface area is 76.5 Å². The van der Waals surface area contributed by atoms with Gasteiger partial charge in [-0.2, -0.15) is 0 Å². The fraction of sp³-hybridized carbons (Fsp3) is 0.455. The van der Waals surface area contributed by atoms with Crippen LogP contribution in [0.3, 0.4) is 0 Å². The Kier molecular flexibility index (Phi) is 4.42. The average molecular weight is 168 g/mol. The molecule has 0 fully saturated rings. The van der Waals surface area contributed by atoms with Crippen LogP contribution in [-0.4, -0.2) is 5.11 Å². The molecule has 0 aromatic heterocycles. The normalized spacial score (nSPS) is 11.8. The standard InChI is InChI=1S/C10H14O.CH4.H/c1-3-8(2)9-4-6-10(11)7-5-9;;/h4-8,11H,3H2,1-2H3;1H4;/q;;-1/i;;1+1. The van der Waals surface area contributed by atoms with Crippen molar-refractivity contribution in [1.29, 1.82) is 0 Å². The highest BCUT2D eigenvalue weighted by atomic mass is 16.3. The third-order valence-electron chi connectivity index (χ3n) is 2.07. The minimum Gasteiger partial charge on any atom is -1.00 e. The van der Waals surface area contributed by atoms with Crippen molar-refractivity contribution in [2.45, 2.75) is 33.6 Å². The van der Waals surface area contributed by atoms with Crippen molar-refractivity contribution < 1.29 is 6.53 Å². The van der Waals surface area contributed by atoms with Gasteiger partial charge in [-0.15, -0.1) is 0 Å². The molecule has 1 aromatic rings. The van der Waals surface area contributed by atoms with Gasteiger partial charge in [0.2, 0.25) is 0 Å². The van der Waals surface area contributed by atoms with Crippen LogP contribution < -0.4 is 0 Å². The number of hydrogen-bond donors (Lipinski definition) is 1. The molecule has 1 nitrogen and oxygen atoms in total. The van der Waals surface area contributed by atoms with E-state index in [2.05, 4.69) is 13.8 Å². The Morgan fingerprint density at radius 1 is 1.33 bits per heavy atom. The van der Waals surface area contributed by atoms with E-state index in [0.29, 0.717) is 11.7 Å². The molecule has 70 valence electrons. The Morgan fingerprint density at radius 3 is 2.25 bits per heavy atom. The lowest BCUT2D eigenvalue weighted by atomic mass is 9.99. The SMILES string of the molecule is C.CCC(C)c1ccc(O)cc1.[2H-]. The number of phenols is 1. The van der Waals surface area contributed by atoms with Gasteiger partial charge in [-0.25, -0.2) is 0 Å². The minimum atomic E-state index is 0. The third kappa shape index (κ3) is 2.57. The van der Waals surface area contributed by atoms with Crippen LogP contribution >= 0.6 is 0 Å². The Hall–Kier alpha value is -0.980. The van der Waals surface area contributed by atoms with Crippen molar-refractivity contribution >= 4 is 0 Å². The predicted molar refractivity (Wildman–Crippen MR) is 54.7 cm³/mol. The first-order valence-corrected chi connectivity index (χ1v) is 4.03. The van der Waals surface area contributed by atoms with Crippen molar-refractivity contribution in [3.63, 3.8) is 0 Å². The molecule has 0 saturated carbocycles. The van der Waals surface area contributed by atoms with Gasteiger partial charge >= 0.3 is 0 Å². The van der Waals surface area contributed by atoms with E-state index in [4.69, 9.17) is 5.11 Å². The number of benzene rings is 1. The smallest absolute Gasteiger partial charge is 0.115 e. The van der Waals surface area contributed by atoms with Gasteiger partial charge in [0.1, 0.15) is 5.75 Å². The summed E-state index contributed by atoms with van der Waals surface area (Å²) in [7, 11) is 0. The zero-order chi connectivity index (χ0) is 8.27. The summed E-state index contributed by atoms with van der Waals surface area (Å²) in [4.78, 5) is 0. The lowest BCUT2D eigenvalue weighted by molar-refractivity contribution is 0.475. The van der Waals surface area contributed by atoms with Crippen molar-refractivity contribution in [2.75, 3.05) is 0 Å². The second-order valence-electron chi connectivity index (χ2n) is 2.90. The minimum absolute atomic E-state index is 0. The summed E-state index contributed by atoms with van der Waals surface area (Å²) in [5.74, 6) is 0.938. The zero-order valence-corrected chi connectivity index (χ0v) is 7.04. The van der Waals surface area contributed by atoms with Gasteiger partial charge in [0.15, 0.2) is 0 Å². The van der Waals surface area contributed by atoms with Crippen LogP contribution in [-0.2, 0) is 0 Å². The lowest BCUT2D eigenvalue weighted by Crippen LogP contribution is -1.89. The third-order valence-corrected chi connectivity index (χ3v) is 2.07. The monoisotopic (exact) mass is 168 g/mol. The summed E-state index contributed by atoms with van der Waals surface area (Å²) in [5, 5.41) is 9.01. The van der Waals surface area contributed by atoms with E-state index in [1.807, 2.05) is 12.1 Å². The van der Waals surface area contributed by atoms with Crippen LogP contribution in [0, 0.1) is 0 Å². The van der Waals surface area contributed by atoms with E-state index >= 15 is 0 Å². The van der Waals surface area contributed by atoms with Crippen LogP contribution in [0.1, 0.15) is 40.6 Å². The maximum absolute atomic E-state index is 9.01. The van der Waals surface area contributed by atoms with E-state index in [9.17, 15) is 0 Å². The van der Waals surface area contributed by atoms with Crippen molar-refractivity contribution in [3.05, 3.63) is 29.8 Å². The van der Waals surface area contributed by atoms with Gasteiger partial charge in [-0.1, -0.05) is 33.4 Å². The van der Waals surface area contributed by atoms with Gasteiger partial charge in [-0.3, -0.25) is 0 Å². The van der Waals surface area contributed by atoms with E-state index in [1.54, 1.807) is 12.1 Å². The molecule has 0 aliphatic rings. The number of rotatable bonds is 2. The molecule has 1 N–H and O–H groups in total. The Balaban J connectivity index is 0. The first-order chi connectivity index (χ1) is 5.24. The highest BCUT2D eigenvalue weighted by Crippen LogP contribution is 2.20. The van der Waals surface area contributed by atoms with Gasteiger partial charge in [0, 0.05) is 0 Å². The summed E-state index contributed by atoms with van der Waals surface area (Å²) < 4.78 is 0. The van der Waals surface area contributed by atoms with Crippen LogP contribution in [0.15, 0.2) is 24.3 Å². The molecule has 0 aliphatic carbocycles. The van der Waals surface area contributed by atoms with Crippen LogP contribution in [0.5, 0.6) is 5.75 Å². The molecule has 1 rings (SSSR count). The molecular weight excluding hydrogens is 148 g/mol. The van der Waals surface area contributed by atoms with E-state index in [1.165, 1.54) is 5.56 Å². The quantitative estimate of drug-likeness (QED) is 0.714. The summed E-state index contributed by atoms with van der Waals surface area (Å²) in [6.07, 6.45) is 1.14. The first-order valence-electron chi connectivity index (χ1n) is 4.03. The van der Waals surface area contributed by atoms with Crippen molar-refractivity contribution in [1.82, 2.24) is 0 Å². The number of phenolic OH excluding ortho intramolecular Hbond substituents is 1. The first kappa shape index (κ1) is 11.0. The van der Waals surface area contributed by atoms with Crippen molar-refractivity contribution in [2.24, 2.45) is 0 Å². The Bertz CT molecular complexity index is 218. The molecule has 0 saturated heterocycles. The Morgan fingerprint density at radius 2 is 1.83 bits per heavy atom. The van der Waals surface area contributed by atoms with Gasteiger partial charge in [0.05, 0.1) is 0 Å². The molecule has 1 atom stereocenters. The molecule has 0 amide bonds. The summed E-state index contributed by atoms with van der Waals surface area (Å²) >= 11 is 0. The van der Waals surface area contributed by atoms with E-state index in [-0.39, 0.29) is 8.85 Å². The van der Waals surface area contributed by atoms with Crippen molar-refractivity contribution in [3.8, 4) is 5.75 Å². The van der Waals surface area contributed by atoms with E-state index < -0.39 is 0 Å². The largest absolute Gasteiger partial charge is 1.00 e. The molecule has 1 aromatic carbocycles. The number of hydrogen-bond acceptors (Lipinski definition) is 1. The van der Waals surface area contributed by atoms with E-state index in [0.717, 1.165) is 6.42 Å². The van der Waals surface area contributed by atoms with Crippen LogP contribution in [0.2, 0.25) is 0 Å². The summed E-state index contributed by atoms with van der Waals surface area (Å²) in [6, 6.07) is 7.43. The molecular formula is C11H19O-. The summed E-state index contributed by atoms with van der Waals surface area (Å²) in [6.45, 7) is 4.35. The van der Waals surface area contributed by atoms with Crippen LogP contribution in [0.4, 0.5) is 0 Å². The molecule has 0 spiro atoms. The number of aromatic hydroxyl groups is 1. The average Bonchev–Trinajstić information content (AvgIpc) is 2.05. The molecule has 1 heteroatoms. The topological polar surface area (TPSA) is 20.2 Å². The molecule has 1 unspecified atom stereocenters. The van der Waals surface area contributed by atoms with Crippen LogP contribution in [0.25, 0.3) is 0 Å². The predicted octanol–water partition coefficient (Wildman–Crippen LogP) is 3.65. The zero-order valence-electron chi connectivity index (χ0n) is 8.04. The van der Waals surface area contributed by atoms with Gasteiger partial charge in [-0.05, 0) is 30.0 Å². The molecule has 0 heterocycles. The van der Waals surface area contributed by atoms with Gasteiger partial charge in [0.25, 0.3) is 0 Å². The second kappa shape index (κ2) is 4.81. The fourth-order valence-corrected chi connectivity index (χ4v) is 1.04. The highest BCUT2D eigenvalue weighted by Gasteiger charge is 2.00. The maximum atomic E-state index is 9.01. The van der Waals surface area contributed by atoms with Gasteiger partial charge < -0.3 is 6.53 Å². The summed E-state index contributed by atoms with van der Waals surface area (Å²) in [5.41, 5.74) is 1.30. The highest BCUT2D eigenvalue weighted by molar-refractivity contribution is 5.27. The fourth-order valence-electron chi connectivity index (χ4n) is 1.04. The molecule has 12 heavy (non-hydrogen) atoms. The molecule has 0 radical (unpaired) electrons. The maximum Gasteiger partial charge on any atom is 0.115 e.